The Morgan fingerprint density at radius 3 is 2.54 bits per heavy atom. The molecule has 0 radical (unpaired) electrons. The highest BCUT2D eigenvalue weighted by atomic mass is 16.5. The quantitative estimate of drug-likeness (QED) is 0.307. The molecule has 0 unspecified atom stereocenters. The second-order valence-corrected chi connectivity index (χ2v) is 9.20. The fourth-order valence-electron chi connectivity index (χ4n) is 4.84. The Balaban J connectivity index is 1.77. The monoisotopic (exact) mass is 490 g/mol. The first-order valence-corrected chi connectivity index (χ1v) is 12.1. The van der Waals surface area contributed by atoms with Gasteiger partial charge in [0, 0.05) is 29.3 Å². The number of fused-ring (bicyclic) bond motifs is 1. The molecule has 2 heterocycles. The molecular formula is C30H26N4O3. The lowest BCUT2D eigenvalue weighted by Crippen LogP contribution is -2.16. The van der Waals surface area contributed by atoms with Crippen LogP contribution in [0.5, 0.6) is 5.88 Å². The van der Waals surface area contributed by atoms with E-state index in [0.717, 1.165) is 63.2 Å². The minimum Gasteiger partial charge on any atom is -0.481 e. The zero-order chi connectivity index (χ0) is 25.9. The number of carboxylic acid groups (broad SMARTS) is 1. The van der Waals surface area contributed by atoms with Crippen LogP contribution >= 0.6 is 0 Å². The molecule has 0 spiro atoms. The van der Waals surface area contributed by atoms with Crippen LogP contribution in [0.4, 0.5) is 0 Å². The standard InChI is InChI=1S/C30H26N4O3/c1-18-14-27(37-2)32-17-24(18)30(20-4-3-5-20)29(21-9-6-19(7-10-21)8-13-28(35)36)22-11-12-25-23(15-22)26(16-31)34-33-25/h6-15,17,20H,3-5H2,1-2H3,(H,33,34)(H,35,36). The third-order valence-electron chi connectivity index (χ3n) is 6.94. The van der Waals surface area contributed by atoms with Crippen LogP contribution in [0.3, 0.4) is 0 Å². The minimum absolute atomic E-state index is 0.359. The highest BCUT2D eigenvalue weighted by molar-refractivity contribution is 6.02. The summed E-state index contributed by atoms with van der Waals surface area (Å²) in [6.45, 7) is 2.07. The Kier molecular flexibility index (Phi) is 6.57. The summed E-state index contributed by atoms with van der Waals surface area (Å²) < 4.78 is 5.36. The van der Waals surface area contributed by atoms with Gasteiger partial charge in [0.05, 0.1) is 12.6 Å². The highest BCUT2D eigenvalue weighted by Gasteiger charge is 2.28. The topological polar surface area (TPSA) is 112 Å². The molecule has 0 amide bonds. The number of nitrogens with one attached hydrogen (secondary N) is 1. The molecule has 0 bridgehead atoms. The molecule has 37 heavy (non-hydrogen) atoms. The van der Waals surface area contributed by atoms with Crippen molar-refractivity contribution >= 4 is 34.1 Å². The third-order valence-corrected chi connectivity index (χ3v) is 6.94. The van der Waals surface area contributed by atoms with E-state index in [1.54, 1.807) is 13.2 Å². The van der Waals surface area contributed by atoms with Gasteiger partial charge < -0.3 is 9.84 Å². The van der Waals surface area contributed by atoms with E-state index >= 15 is 0 Å². The van der Waals surface area contributed by atoms with Gasteiger partial charge in [-0.15, -0.1) is 0 Å². The van der Waals surface area contributed by atoms with Crippen LogP contribution in [0.1, 0.15) is 52.8 Å². The molecule has 184 valence electrons. The number of H-pyrrole nitrogens is 1. The average Bonchev–Trinajstić information content (AvgIpc) is 3.29. The molecule has 0 saturated heterocycles. The van der Waals surface area contributed by atoms with E-state index in [1.165, 1.54) is 12.0 Å². The van der Waals surface area contributed by atoms with Gasteiger partial charge in [-0.25, -0.2) is 9.78 Å². The van der Waals surface area contributed by atoms with E-state index in [9.17, 15) is 10.1 Å². The number of nitriles is 1. The summed E-state index contributed by atoms with van der Waals surface area (Å²) in [5.74, 6) is -0.0455. The van der Waals surface area contributed by atoms with E-state index in [1.807, 2.05) is 48.7 Å². The number of carbonyl (C=O) groups is 1. The van der Waals surface area contributed by atoms with Gasteiger partial charge in [0.25, 0.3) is 0 Å². The highest BCUT2D eigenvalue weighted by Crippen LogP contribution is 2.46. The van der Waals surface area contributed by atoms with Crippen LogP contribution in [-0.2, 0) is 4.79 Å². The van der Waals surface area contributed by atoms with E-state index < -0.39 is 5.97 Å². The molecular weight excluding hydrogens is 464 g/mol. The van der Waals surface area contributed by atoms with Crippen LogP contribution in [-0.4, -0.2) is 33.4 Å². The number of benzene rings is 2. The van der Waals surface area contributed by atoms with Crippen LogP contribution in [0.15, 0.2) is 60.8 Å². The lowest BCUT2D eigenvalue weighted by molar-refractivity contribution is -0.131. The molecule has 0 aliphatic heterocycles. The van der Waals surface area contributed by atoms with Gasteiger partial charge in [0.15, 0.2) is 5.69 Å². The van der Waals surface area contributed by atoms with Crippen molar-refractivity contribution in [2.24, 2.45) is 5.92 Å². The smallest absolute Gasteiger partial charge is 0.328 e. The molecule has 5 rings (SSSR count). The summed E-state index contributed by atoms with van der Waals surface area (Å²) in [6, 6.07) is 18.1. The van der Waals surface area contributed by atoms with E-state index in [-0.39, 0.29) is 0 Å². The van der Waals surface area contributed by atoms with Crippen molar-refractivity contribution in [3.8, 4) is 11.9 Å². The Morgan fingerprint density at radius 1 is 1.16 bits per heavy atom. The number of rotatable bonds is 7. The number of nitrogens with zero attached hydrogens (tertiary/aromatic N) is 3. The Morgan fingerprint density at radius 2 is 1.92 bits per heavy atom. The number of methoxy groups -OCH3 is 1. The summed E-state index contributed by atoms with van der Waals surface area (Å²) >= 11 is 0. The number of aliphatic carboxylic acids is 1. The summed E-state index contributed by atoms with van der Waals surface area (Å²) in [7, 11) is 1.61. The number of hydrogen-bond acceptors (Lipinski definition) is 5. The lowest BCUT2D eigenvalue weighted by Gasteiger charge is -2.32. The van der Waals surface area contributed by atoms with Crippen LogP contribution in [0.25, 0.3) is 28.1 Å². The second-order valence-electron chi connectivity index (χ2n) is 9.20. The van der Waals surface area contributed by atoms with Crippen molar-refractivity contribution in [2.75, 3.05) is 7.11 Å². The number of hydrogen-bond donors (Lipinski definition) is 2. The first-order chi connectivity index (χ1) is 18.0. The van der Waals surface area contributed by atoms with Gasteiger partial charge in [-0.1, -0.05) is 36.8 Å². The van der Waals surface area contributed by atoms with E-state index in [2.05, 4.69) is 34.2 Å². The van der Waals surface area contributed by atoms with Crippen molar-refractivity contribution in [3.05, 3.63) is 94.3 Å². The number of aromatic amines is 1. The number of aryl methyl sites for hydroxylation is 1. The molecule has 7 nitrogen and oxygen atoms in total. The number of pyridine rings is 1. The molecule has 1 saturated carbocycles. The van der Waals surface area contributed by atoms with Gasteiger partial charge in [0.2, 0.25) is 5.88 Å². The normalized spacial score (nSPS) is 14.3. The SMILES string of the molecule is COc1cc(C)c(C(=C(c2ccc(C=CC(=O)O)cc2)c2ccc3[nH]nc(C#N)c3c2)C2CCC2)cn1. The average molecular weight is 491 g/mol. The summed E-state index contributed by atoms with van der Waals surface area (Å²) in [4.78, 5) is 15.5. The van der Waals surface area contributed by atoms with Gasteiger partial charge in [-0.05, 0) is 77.3 Å². The van der Waals surface area contributed by atoms with Crippen molar-refractivity contribution in [1.82, 2.24) is 15.2 Å². The predicted octanol–water partition coefficient (Wildman–Crippen LogP) is 6.00. The second kappa shape index (κ2) is 10.1. The number of carboxylic acids is 1. The number of allylic oxidation sites excluding steroid dienone is 1. The first-order valence-electron chi connectivity index (χ1n) is 12.1. The zero-order valence-electron chi connectivity index (χ0n) is 20.7. The van der Waals surface area contributed by atoms with Crippen LogP contribution < -0.4 is 4.74 Å². The Hall–Kier alpha value is -4.70. The molecule has 2 aromatic carbocycles. The number of aromatic nitrogens is 3. The fourth-order valence-corrected chi connectivity index (χ4v) is 4.84. The summed E-state index contributed by atoms with van der Waals surface area (Å²) in [6.07, 6.45) is 7.94. The van der Waals surface area contributed by atoms with Crippen molar-refractivity contribution < 1.29 is 14.6 Å². The van der Waals surface area contributed by atoms with Crippen molar-refractivity contribution in [2.45, 2.75) is 26.2 Å². The Labute approximate surface area is 214 Å². The number of ether oxygens (including phenoxy) is 1. The first kappa shape index (κ1) is 24.0. The maximum atomic E-state index is 11.0. The molecule has 4 aromatic rings. The van der Waals surface area contributed by atoms with Crippen LogP contribution in [0, 0.1) is 24.2 Å². The Bertz CT molecular complexity index is 1590. The fraction of sp³-hybridized carbons (Fsp3) is 0.200. The van der Waals surface area contributed by atoms with Gasteiger partial charge in [0.1, 0.15) is 6.07 Å². The third kappa shape index (κ3) is 4.74. The van der Waals surface area contributed by atoms with Gasteiger partial charge >= 0.3 is 5.97 Å². The molecule has 7 heteroatoms. The molecule has 0 atom stereocenters. The molecule has 1 aliphatic carbocycles. The molecule has 2 aromatic heterocycles. The zero-order valence-corrected chi connectivity index (χ0v) is 20.7. The van der Waals surface area contributed by atoms with E-state index in [4.69, 9.17) is 9.84 Å². The van der Waals surface area contributed by atoms with Gasteiger partial charge in [-0.2, -0.15) is 10.4 Å². The van der Waals surface area contributed by atoms with Crippen molar-refractivity contribution in [3.63, 3.8) is 0 Å². The van der Waals surface area contributed by atoms with Crippen molar-refractivity contribution in [1.29, 1.82) is 5.26 Å². The minimum atomic E-state index is -0.985. The largest absolute Gasteiger partial charge is 0.481 e. The van der Waals surface area contributed by atoms with E-state index in [0.29, 0.717) is 17.5 Å². The predicted molar refractivity (Wildman–Crippen MR) is 143 cm³/mol. The van der Waals surface area contributed by atoms with Gasteiger partial charge in [-0.3, -0.25) is 5.10 Å². The summed E-state index contributed by atoms with van der Waals surface area (Å²) in [5.41, 5.74) is 8.39. The molecule has 1 aliphatic rings. The summed E-state index contributed by atoms with van der Waals surface area (Å²) in [5, 5.41) is 26.4. The maximum Gasteiger partial charge on any atom is 0.328 e. The maximum absolute atomic E-state index is 11.0. The molecule has 1 fully saturated rings. The lowest BCUT2D eigenvalue weighted by atomic mass is 9.72. The molecule has 2 N–H and O–H groups in total. The van der Waals surface area contributed by atoms with Crippen LogP contribution in [0.2, 0.25) is 0 Å².